The molecule has 0 unspecified atom stereocenters. The van der Waals surface area contributed by atoms with Crippen molar-refractivity contribution in [3.05, 3.63) is 47.2 Å². The van der Waals surface area contributed by atoms with Crippen LogP contribution in [0.25, 0.3) is 0 Å². The van der Waals surface area contributed by atoms with Crippen molar-refractivity contribution >= 4 is 29.2 Å². The lowest BCUT2D eigenvalue weighted by Gasteiger charge is -2.28. The van der Waals surface area contributed by atoms with Crippen LogP contribution in [0.4, 0.5) is 5.82 Å². The van der Waals surface area contributed by atoms with Crippen molar-refractivity contribution < 1.29 is 18.8 Å². The quantitative estimate of drug-likeness (QED) is 0.722. The SMILES string of the molecule is O=C(CN(CCCN1CCOCC1)C(=O)c1cccc(Cl)c1)Nc1ccon1. The lowest BCUT2D eigenvalue weighted by Crippen LogP contribution is -2.41. The maximum atomic E-state index is 12.9. The number of benzene rings is 1. The molecule has 9 heteroatoms. The van der Waals surface area contributed by atoms with E-state index in [4.69, 9.17) is 20.9 Å². The highest BCUT2D eigenvalue weighted by Crippen LogP contribution is 2.14. The minimum absolute atomic E-state index is 0.0820. The number of amides is 2. The van der Waals surface area contributed by atoms with Crippen molar-refractivity contribution in [3.63, 3.8) is 0 Å². The fraction of sp³-hybridized carbons (Fsp3) is 0.421. The molecule has 1 aliphatic heterocycles. The number of morpholine rings is 1. The smallest absolute Gasteiger partial charge is 0.254 e. The molecule has 1 aromatic heterocycles. The average molecular weight is 407 g/mol. The van der Waals surface area contributed by atoms with E-state index in [9.17, 15) is 9.59 Å². The van der Waals surface area contributed by atoms with Gasteiger partial charge in [-0.3, -0.25) is 14.5 Å². The van der Waals surface area contributed by atoms with Crippen LogP contribution < -0.4 is 5.32 Å². The molecule has 0 radical (unpaired) electrons. The molecule has 1 N–H and O–H groups in total. The van der Waals surface area contributed by atoms with E-state index in [0.717, 1.165) is 39.3 Å². The van der Waals surface area contributed by atoms with Gasteiger partial charge in [0.2, 0.25) is 5.91 Å². The van der Waals surface area contributed by atoms with Gasteiger partial charge in [-0.05, 0) is 24.6 Å². The van der Waals surface area contributed by atoms with Crippen molar-refractivity contribution in [1.82, 2.24) is 15.0 Å². The van der Waals surface area contributed by atoms with Crippen LogP contribution in [0.15, 0.2) is 41.1 Å². The lowest BCUT2D eigenvalue weighted by atomic mass is 10.2. The number of hydrogen-bond donors (Lipinski definition) is 1. The number of nitrogens with zero attached hydrogens (tertiary/aromatic N) is 3. The van der Waals surface area contributed by atoms with E-state index < -0.39 is 0 Å². The van der Waals surface area contributed by atoms with Crippen LogP contribution in [0.2, 0.25) is 5.02 Å². The second kappa shape index (κ2) is 10.2. The van der Waals surface area contributed by atoms with E-state index in [1.807, 2.05) is 0 Å². The number of halogens is 1. The molecule has 1 aliphatic rings. The summed E-state index contributed by atoms with van der Waals surface area (Å²) in [6.45, 7) is 4.43. The monoisotopic (exact) mass is 406 g/mol. The first-order chi connectivity index (χ1) is 13.6. The fourth-order valence-electron chi connectivity index (χ4n) is 3.00. The van der Waals surface area contributed by atoms with Crippen LogP contribution in [0.3, 0.4) is 0 Å². The second-order valence-corrected chi connectivity index (χ2v) is 6.91. The van der Waals surface area contributed by atoms with Crippen molar-refractivity contribution in [2.75, 3.05) is 51.3 Å². The Labute approximate surface area is 168 Å². The molecule has 1 aromatic carbocycles. The van der Waals surface area contributed by atoms with Gasteiger partial charge in [-0.25, -0.2) is 0 Å². The summed E-state index contributed by atoms with van der Waals surface area (Å²) >= 11 is 6.01. The number of aromatic nitrogens is 1. The van der Waals surface area contributed by atoms with Gasteiger partial charge in [-0.2, -0.15) is 0 Å². The molecular weight excluding hydrogens is 384 g/mol. The zero-order valence-corrected chi connectivity index (χ0v) is 16.2. The van der Waals surface area contributed by atoms with E-state index in [2.05, 4.69) is 15.4 Å². The van der Waals surface area contributed by atoms with Gasteiger partial charge in [0, 0.05) is 42.8 Å². The number of carbonyl (C=O) groups is 2. The average Bonchev–Trinajstić information content (AvgIpc) is 3.20. The second-order valence-electron chi connectivity index (χ2n) is 6.48. The summed E-state index contributed by atoms with van der Waals surface area (Å²) in [7, 11) is 0. The lowest BCUT2D eigenvalue weighted by molar-refractivity contribution is -0.117. The molecule has 1 fully saturated rings. The van der Waals surface area contributed by atoms with Gasteiger partial charge in [-0.1, -0.05) is 22.8 Å². The van der Waals surface area contributed by atoms with Gasteiger partial charge in [0.05, 0.1) is 13.2 Å². The molecule has 0 bridgehead atoms. The van der Waals surface area contributed by atoms with Crippen LogP contribution in [-0.2, 0) is 9.53 Å². The Morgan fingerprint density at radius 3 is 2.79 bits per heavy atom. The zero-order chi connectivity index (χ0) is 19.8. The number of hydrogen-bond acceptors (Lipinski definition) is 6. The molecule has 0 saturated carbocycles. The molecule has 1 saturated heterocycles. The molecule has 150 valence electrons. The zero-order valence-electron chi connectivity index (χ0n) is 15.5. The van der Waals surface area contributed by atoms with Crippen LogP contribution in [-0.4, -0.2) is 72.7 Å². The molecule has 28 heavy (non-hydrogen) atoms. The summed E-state index contributed by atoms with van der Waals surface area (Å²) in [6.07, 6.45) is 2.12. The maximum Gasteiger partial charge on any atom is 0.254 e. The summed E-state index contributed by atoms with van der Waals surface area (Å²) in [5, 5.41) is 6.75. The predicted octanol–water partition coefficient (Wildman–Crippen LogP) is 2.13. The Morgan fingerprint density at radius 1 is 1.25 bits per heavy atom. The molecule has 2 amide bonds. The van der Waals surface area contributed by atoms with Gasteiger partial charge < -0.3 is 19.5 Å². The van der Waals surface area contributed by atoms with Crippen molar-refractivity contribution in [1.29, 1.82) is 0 Å². The van der Waals surface area contributed by atoms with Crippen LogP contribution in [0.5, 0.6) is 0 Å². The van der Waals surface area contributed by atoms with Gasteiger partial charge in [0.1, 0.15) is 12.8 Å². The predicted molar refractivity (Wildman–Crippen MR) is 104 cm³/mol. The van der Waals surface area contributed by atoms with Gasteiger partial charge in [0.15, 0.2) is 5.82 Å². The van der Waals surface area contributed by atoms with E-state index in [-0.39, 0.29) is 18.4 Å². The minimum atomic E-state index is -0.337. The molecule has 0 atom stereocenters. The summed E-state index contributed by atoms with van der Waals surface area (Å²) in [5.41, 5.74) is 0.452. The van der Waals surface area contributed by atoms with Gasteiger partial charge >= 0.3 is 0 Å². The largest absolute Gasteiger partial charge is 0.379 e. The molecule has 0 aliphatic carbocycles. The Morgan fingerprint density at radius 2 is 2.07 bits per heavy atom. The molecule has 2 heterocycles. The molecule has 8 nitrogen and oxygen atoms in total. The van der Waals surface area contributed by atoms with Crippen molar-refractivity contribution in [3.8, 4) is 0 Å². The molecular formula is C19H23ClN4O4. The van der Waals surface area contributed by atoms with Gasteiger partial charge in [0.25, 0.3) is 5.91 Å². The Bertz CT molecular complexity index is 778. The highest BCUT2D eigenvalue weighted by molar-refractivity contribution is 6.31. The van der Waals surface area contributed by atoms with Crippen molar-refractivity contribution in [2.45, 2.75) is 6.42 Å². The van der Waals surface area contributed by atoms with E-state index in [0.29, 0.717) is 22.9 Å². The highest BCUT2D eigenvalue weighted by Gasteiger charge is 2.20. The van der Waals surface area contributed by atoms with Crippen LogP contribution in [0, 0.1) is 0 Å². The van der Waals surface area contributed by atoms with Crippen LogP contribution >= 0.6 is 11.6 Å². The number of ether oxygens (including phenoxy) is 1. The summed E-state index contributed by atoms with van der Waals surface area (Å²) in [4.78, 5) is 29.1. The third-order valence-electron chi connectivity index (χ3n) is 4.40. The Hall–Kier alpha value is -2.42. The normalized spacial score (nSPS) is 14.6. The van der Waals surface area contributed by atoms with Gasteiger partial charge in [-0.15, -0.1) is 0 Å². The summed E-state index contributed by atoms with van der Waals surface area (Å²) in [6, 6.07) is 8.27. The van der Waals surface area contributed by atoms with E-state index in [1.54, 1.807) is 30.3 Å². The number of rotatable bonds is 8. The maximum absolute atomic E-state index is 12.9. The first-order valence-electron chi connectivity index (χ1n) is 9.17. The fourth-order valence-corrected chi connectivity index (χ4v) is 3.19. The summed E-state index contributed by atoms with van der Waals surface area (Å²) < 4.78 is 10.1. The first-order valence-corrected chi connectivity index (χ1v) is 9.55. The number of anilines is 1. The Balaban J connectivity index is 1.61. The third-order valence-corrected chi connectivity index (χ3v) is 4.64. The molecule has 3 rings (SSSR count). The van der Waals surface area contributed by atoms with E-state index in [1.165, 1.54) is 11.2 Å². The molecule has 0 spiro atoms. The Kier molecular flexibility index (Phi) is 7.41. The van der Waals surface area contributed by atoms with E-state index >= 15 is 0 Å². The third kappa shape index (κ3) is 6.05. The minimum Gasteiger partial charge on any atom is -0.379 e. The number of nitrogens with one attached hydrogen (secondary N) is 1. The standard InChI is InChI=1S/C19H23ClN4O4/c20-16-4-1-3-15(13-16)19(26)24(7-2-6-23-8-11-27-12-9-23)14-18(25)21-17-5-10-28-22-17/h1,3-5,10,13H,2,6-9,11-12,14H2,(H,21,22,25). The summed E-state index contributed by atoms with van der Waals surface area (Å²) in [5.74, 6) is -0.260. The van der Waals surface area contributed by atoms with Crippen LogP contribution in [0.1, 0.15) is 16.8 Å². The number of carbonyl (C=O) groups excluding carboxylic acids is 2. The topological polar surface area (TPSA) is 87.9 Å². The molecule has 2 aromatic rings. The van der Waals surface area contributed by atoms with Crippen molar-refractivity contribution in [2.24, 2.45) is 0 Å². The first kappa shape index (κ1) is 20.3. The highest BCUT2D eigenvalue weighted by atomic mass is 35.5.